The molecule has 3 heterocycles. The number of hydrogen-bond donors (Lipinski definition) is 2. The quantitative estimate of drug-likeness (QED) is 0.897. The Bertz CT molecular complexity index is 713. The SMILES string of the molecule is COc1ccncc1CNC(=O)c1n[nH]c2c1C[C@H](C)O[C@@H]2C. The van der Waals surface area contributed by atoms with Crippen LogP contribution in [0.4, 0.5) is 0 Å². The summed E-state index contributed by atoms with van der Waals surface area (Å²) in [5, 5.41) is 9.97. The van der Waals surface area contributed by atoms with Gasteiger partial charge in [-0.2, -0.15) is 5.10 Å². The second kappa shape index (κ2) is 6.37. The summed E-state index contributed by atoms with van der Waals surface area (Å²) in [6.07, 6.45) is 3.99. The zero-order valence-electron chi connectivity index (χ0n) is 13.4. The molecule has 0 radical (unpaired) electrons. The number of aromatic nitrogens is 3. The van der Waals surface area contributed by atoms with Gasteiger partial charge in [-0.25, -0.2) is 0 Å². The summed E-state index contributed by atoms with van der Waals surface area (Å²) >= 11 is 0. The lowest BCUT2D eigenvalue weighted by Crippen LogP contribution is -2.27. The van der Waals surface area contributed by atoms with Gasteiger partial charge in [-0.3, -0.25) is 14.9 Å². The Labute approximate surface area is 134 Å². The molecular weight excluding hydrogens is 296 g/mol. The van der Waals surface area contributed by atoms with Crippen LogP contribution >= 0.6 is 0 Å². The van der Waals surface area contributed by atoms with Gasteiger partial charge in [-0.1, -0.05) is 0 Å². The molecule has 2 N–H and O–H groups in total. The minimum atomic E-state index is -0.213. The maximum atomic E-state index is 12.5. The first kappa shape index (κ1) is 15.5. The number of H-pyrrole nitrogens is 1. The molecule has 23 heavy (non-hydrogen) atoms. The number of ether oxygens (including phenoxy) is 2. The molecule has 7 heteroatoms. The summed E-state index contributed by atoms with van der Waals surface area (Å²) in [6.45, 7) is 4.28. The van der Waals surface area contributed by atoms with Crippen LogP contribution in [0.1, 0.15) is 47.3 Å². The van der Waals surface area contributed by atoms with Crippen molar-refractivity contribution >= 4 is 5.91 Å². The molecule has 0 aliphatic carbocycles. The number of hydrogen-bond acceptors (Lipinski definition) is 5. The van der Waals surface area contributed by atoms with Crippen molar-refractivity contribution in [2.24, 2.45) is 0 Å². The second-order valence-electron chi connectivity index (χ2n) is 5.63. The third-order valence-corrected chi connectivity index (χ3v) is 3.97. The summed E-state index contributed by atoms with van der Waals surface area (Å²) in [5.41, 5.74) is 3.07. The van der Waals surface area contributed by atoms with Gasteiger partial charge in [0, 0.05) is 36.5 Å². The molecule has 0 spiro atoms. The number of pyridine rings is 1. The summed E-state index contributed by atoms with van der Waals surface area (Å²) < 4.78 is 11.0. The van der Waals surface area contributed by atoms with Crippen molar-refractivity contribution in [3.63, 3.8) is 0 Å². The average Bonchev–Trinajstić information content (AvgIpc) is 2.97. The Hall–Kier alpha value is -2.41. The molecule has 2 atom stereocenters. The highest BCUT2D eigenvalue weighted by Crippen LogP contribution is 2.30. The average molecular weight is 316 g/mol. The molecule has 0 saturated carbocycles. The largest absolute Gasteiger partial charge is 0.496 e. The number of nitrogens with zero attached hydrogens (tertiary/aromatic N) is 2. The third kappa shape index (κ3) is 3.05. The van der Waals surface area contributed by atoms with Crippen LogP contribution in [0.3, 0.4) is 0 Å². The van der Waals surface area contributed by atoms with Crippen molar-refractivity contribution in [1.29, 1.82) is 0 Å². The van der Waals surface area contributed by atoms with E-state index in [9.17, 15) is 4.79 Å². The van der Waals surface area contributed by atoms with Gasteiger partial charge in [0.2, 0.25) is 0 Å². The van der Waals surface area contributed by atoms with E-state index < -0.39 is 0 Å². The van der Waals surface area contributed by atoms with E-state index in [0.717, 1.165) is 16.8 Å². The first-order valence-electron chi connectivity index (χ1n) is 7.57. The fraction of sp³-hybridized carbons (Fsp3) is 0.438. The Morgan fingerprint density at radius 2 is 2.35 bits per heavy atom. The summed E-state index contributed by atoms with van der Waals surface area (Å²) in [6, 6.07) is 1.76. The summed E-state index contributed by atoms with van der Waals surface area (Å²) in [4.78, 5) is 16.5. The van der Waals surface area contributed by atoms with Crippen molar-refractivity contribution in [2.75, 3.05) is 7.11 Å². The number of aromatic amines is 1. The van der Waals surface area contributed by atoms with Crippen LogP contribution < -0.4 is 10.1 Å². The molecular formula is C16H20N4O3. The van der Waals surface area contributed by atoms with Crippen molar-refractivity contribution in [3.05, 3.63) is 41.0 Å². The van der Waals surface area contributed by atoms with Crippen molar-refractivity contribution < 1.29 is 14.3 Å². The van der Waals surface area contributed by atoms with E-state index in [0.29, 0.717) is 24.4 Å². The van der Waals surface area contributed by atoms with E-state index in [-0.39, 0.29) is 18.1 Å². The van der Waals surface area contributed by atoms with Crippen LogP contribution in [0.5, 0.6) is 5.75 Å². The number of methoxy groups -OCH3 is 1. The molecule has 1 aliphatic heterocycles. The Morgan fingerprint density at radius 3 is 3.13 bits per heavy atom. The molecule has 1 amide bonds. The molecule has 122 valence electrons. The highest BCUT2D eigenvalue weighted by atomic mass is 16.5. The smallest absolute Gasteiger partial charge is 0.272 e. The summed E-state index contributed by atoms with van der Waals surface area (Å²) in [7, 11) is 1.59. The van der Waals surface area contributed by atoms with E-state index in [1.807, 2.05) is 13.8 Å². The van der Waals surface area contributed by atoms with Crippen LogP contribution in [0.2, 0.25) is 0 Å². The Balaban J connectivity index is 1.75. The number of fused-ring (bicyclic) bond motifs is 1. The first-order valence-corrected chi connectivity index (χ1v) is 7.57. The molecule has 0 fully saturated rings. The van der Waals surface area contributed by atoms with Gasteiger partial charge < -0.3 is 14.8 Å². The number of carbonyl (C=O) groups is 1. The predicted octanol–water partition coefficient (Wildman–Crippen LogP) is 1.77. The molecule has 0 saturated heterocycles. The lowest BCUT2D eigenvalue weighted by Gasteiger charge is -2.25. The third-order valence-electron chi connectivity index (χ3n) is 3.97. The maximum absolute atomic E-state index is 12.5. The van der Waals surface area contributed by atoms with Crippen LogP contribution in [0.15, 0.2) is 18.5 Å². The second-order valence-corrected chi connectivity index (χ2v) is 5.63. The van der Waals surface area contributed by atoms with Crippen LogP contribution in [-0.2, 0) is 17.7 Å². The maximum Gasteiger partial charge on any atom is 0.272 e. The zero-order valence-corrected chi connectivity index (χ0v) is 13.4. The molecule has 0 unspecified atom stereocenters. The summed E-state index contributed by atoms with van der Waals surface area (Å²) in [5.74, 6) is 0.481. The van der Waals surface area contributed by atoms with Crippen LogP contribution in [0, 0.1) is 0 Å². The van der Waals surface area contributed by atoms with E-state index in [2.05, 4.69) is 20.5 Å². The van der Waals surface area contributed by atoms with E-state index >= 15 is 0 Å². The number of carbonyl (C=O) groups excluding carboxylic acids is 1. The van der Waals surface area contributed by atoms with E-state index in [4.69, 9.17) is 9.47 Å². The van der Waals surface area contributed by atoms with Gasteiger partial charge in [0.05, 0.1) is 25.0 Å². The lowest BCUT2D eigenvalue weighted by molar-refractivity contribution is -0.00697. The molecule has 3 rings (SSSR count). The monoisotopic (exact) mass is 316 g/mol. The van der Waals surface area contributed by atoms with Crippen molar-refractivity contribution in [2.45, 2.75) is 39.0 Å². The molecule has 1 aliphatic rings. The Kier molecular flexibility index (Phi) is 4.29. The minimum absolute atomic E-state index is 0.0695. The number of rotatable bonds is 4. The standard InChI is InChI=1S/C16H20N4O3/c1-9-6-12-14(10(2)23-9)19-20-15(12)16(21)18-8-11-7-17-5-4-13(11)22-3/h4-5,7,9-10H,6,8H2,1-3H3,(H,18,21)(H,19,20)/t9-,10+/m0/s1. The highest BCUT2D eigenvalue weighted by Gasteiger charge is 2.29. The molecule has 2 aromatic rings. The van der Waals surface area contributed by atoms with E-state index in [1.54, 1.807) is 25.6 Å². The molecule has 7 nitrogen and oxygen atoms in total. The van der Waals surface area contributed by atoms with Gasteiger partial charge in [0.25, 0.3) is 5.91 Å². The lowest BCUT2D eigenvalue weighted by atomic mass is 9.99. The normalized spacial score (nSPS) is 20.0. The van der Waals surface area contributed by atoms with E-state index in [1.165, 1.54) is 0 Å². The first-order chi connectivity index (χ1) is 11.1. The van der Waals surface area contributed by atoms with Gasteiger partial charge in [0.1, 0.15) is 5.75 Å². The van der Waals surface area contributed by atoms with Gasteiger partial charge >= 0.3 is 0 Å². The predicted molar refractivity (Wildman–Crippen MR) is 83.2 cm³/mol. The fourth-order valence-corrected chi connectivity index (χ4v) is 2.87. The molecule has 0 aromatic carbocycles. The number of amides is 1. The molecule has 2 aromatic heterocycles. The van der Waals surface area contributed by atoms with Gasteiger partial charge in [0.15, 0.2) is 5.69 Å². The van der Waals surface area contributed by atoms with Gasteiger partial charge in [-0.05, 0) is 19.9 Å². The molecule has 0 bridgehead atoms. The van der Waals surface area contributed by atoms with Crippen LogP contribution in [-0.4, -0.2) is 34.3 Å². The highest BCUT2D eigenvalue weighted by molar-refractivity contribution is 5.94. The number of nitrogens with one attached hydrogen (secondary N) is 2. The van der Waals surface area contributed by atoms with Gasteiger partial charge in [-0.15, -0.1) is 0 Å². The van der Waals surface area contributed by atoms with Crippen molar-refractivity contribution in [3.8, 4) is 5.75 Å². The van der Waals surface area contributed by atoms with Crippen LogP contribution in [0.25, 0.3) is 0 Å². The fourth-order valence-electron chi connectivity index (χ4n) is 2.87. The van der Waals surface area contributed by atoms with Crippen molar-refractivity contribution in [1.82, 2.24) is 20.5 Å². The minimum Gasteiger partial charge on any atom is -0.496 e. The Morgan fingerprint density at radius 1 is 1.52 bits per heavy atom. The zero-order chi connectivity index (χ0) is 16.4. The topological polar surface area (TPSA) is 89.1 Å².